The predicted molar refractivity (Wildman–Crippen MR) is 52.3 cm³/mol. The van der Waals surface area contributed by atoms with Gasteiger partial charge in [-0.2, -0.15) is 0 Å². The third kappa shape index (κ3) is 2.09. The molecule has 0 aliphatic rings. The maximum atomic E-state index is 5.62. The van der Waals surface area contributed by atoms with E-state index in [9.17, 15) is 0 Å². The van der Waals surface area contributed by atoms with E-state index in [4.69, 9.17) is 20.5 Å². The summed E-state index contributed by atoms with van der Waals surface area (Å²) < 4.78 is 10.0. The van der Waals surface area contributed by atoms with Gasteiger partial charge in [0, 0.05) is 6.07 Å². The minimum absolute atomic E-state index is 0.387. The van der Waals surface area contributed by atoms with Crippen LogP contribution in [0.25, 0.3) is 0 Å². The number of rotatable bonds is 3. The zero-order valence-corrected chi connectivity index (χ0v) is 8.34. The molecule has 5 heteroatoms. The van der Waals surface area contributed by atoms with Gasteiger partial charge in [-0.1, -0.05) is 5.16 Å². The Hall–Kier alpha value is -1.42. The molecule has 2 aromatic heterocycles. The van der Waals surface area contributed by atoms with Crippen molar-refractivity contribution < 1.29 is 8.94 Å². The van der Waals surface area contributed by atoms with Crippen molar-refractivity contribution in [3.05, 3.63) is 34.9 Å². The Bertz CT molecular complexity index is 382. The number of aromatic nitrogens is 1. The van der Waals surface area contributed by atoms with Crippen molar-refractivity contribution in [3.8, 4) is 0 Å². The fourth-order valence-corrected chi connectivity index (χ4v) is 1.24. The highest BCUT2D eigenvalue weighted by molar-refractivity contribution is 6.28. The average Bonchev–Trinajstić information content (AvgIpc) is 2.72. The van der Waals surface area contributed by atoms with Crippen molar-refractivity contribution in [1.29, 1.82) is 0 Å². The van der Waals surface area contributed by atoms with E-state index in [-0.39, 0.29) is 0 Å². The summed E-state index contributed by atoms with van der Waals surface area (Å²) in [5, 5.41) is 7.20. The second-order valence-corrected chi connectivity index (χ2v) is 3.25. The molecule has 0 radical (unpaired) electrons. The Morgan fingerprint density at radius 3 is 2.93 bits per heavy atom. The van der Waals surface area contributed by atoms with E-state index in [0.717, 1.165) is 11.5 Å². The molecule has 4 nitrogen and oxygen atoms in total. The molecule has 0 saturated carbocycles. The molecular formula is C9H9ClN2O2. The Labute approximate surface area is 85.8 Å². The van der Waals surface area contributed by atoms with E-state index in [0.29, 0.717) is 17.6 Å². The maximum absolute atomic E-state index is 5.62. The van der Waals surface area contributed by atoms with E-state index >= 15 is 0 Å². The molecule has 2 rings (SSSR count). The highest BCUT2D eigenvalue weighted by atomic mass is 35.5. The number of halogens is 1. The Morgan fingerprint density at radius 1 is 1.50 bits per heavy atom. The zero-order chi connectivity index (χ0) is 9.97. The molecule has 0 spiro atoms. The summed E-state index contributed by atoms with van der Waals surface area (Å²) in [5.41, 5.74) is 0. The monoisotopic (exact) mass is 212 g/mol. The van der Waals surface area contributed by atoms with Crippen LogP contribution in [0.4, 0.5) is 5.82 Å². The fourth-order valence-electron chi connectivity index (χ4n) is 1.07. The van der Waals surface area contributed by atoms with Crippen molar-refractivity contribution in [2.45, 2.75) is 13.5 Å². The standard InChI is InChI=1S/C9H9ClN2O2/c1-6-4-9(12-14-6)11-5-7-2-3-8(10)13-7/h2-4H,5H2,1H3,(H,11,12). The second kappa shape index (κ2) is 3.75. The quantitative estimate of drug-likeness (QED) is 0.850. The predicted octanol–water partition coefficient (Wildman–Crippen LogP) is 2.84. The second-order valence-electron chi connectivity index (χ2n) is 2.88. The molecule has 0 saturated heterocycles. The summed E-state index contributed by atoms with van der Waals surface area (Å²) in [6.45, 7) is 2.38. The number of nitrogens with zero attached hydrogens (tertiary/aromatic N) is 1. The van der Waals surface area contributed by atoms with E-state index < -0.39 is 0 Å². The third-order valence-corrected chi connectivity index (χ3v) is 1.90. The van der Waals surface area contributed by atoms with Crippen LogP contribution in [-0.2, 0) is 6.54 Å². The Morgan fingerprint density at radius 2 is 2.36 bits per heavy atom. The maximum Gasteiger partial charge on any atom is 0.193 e. The number of hydrogen-bond acceptors (Lipinski definition) is 4. The molecule has 0 fully saturated rings. The highest BCUT2D eigenvalue weighted by Crippen LogP contribution is 2.15. The number of nitrogens with one attached hydrogen (secondary N) is 1. The van der Waals surface area contributed by atoms with E-state index in [1.165, 1.54) is 0 Å². The molecule has 2 aromatic rings. The lowest BCUT2D eigenvalue weighted by Gasteiger charge is -1.96. The first-order chi connectivity index (χ1) is 6.74. The van der Waals surface area contributed by atoms with Gasteiger partial charge in [0.2, 0.25) is 0 Å². The van der Waals surface area contributed by atoms with Gasteiger partial charge in [-0.15, -0.1) is 0 Å². The Balaban J connectivity index is 1.94. The highest BCUT2D eigenvalue weighted by Gasteiger charge is 2.02. The largest absolute Gasteiger partial charge is 0.448 e. The van der Waals surface area contributed by atoms with Gasteiger partial charge in [-0.05, 0) is 30.7 Å². The van der Waals surface area contributed by atoms with Crippen molar-refractivity contribution in [2.24, 2.45) is 0 Å². The van der Waals surface area contributed by atoms with Crippen LogP contribution in [0, 0.1) is 6.92 Å². The van der Waals surface area contributed by atoms with Gasteiger partial charge in [0.15, 0.2) is 11.0 Å². The first-order valence-electron chi connectivity index (χ1n) is 4.15. The summed E-state index contributed by atoms with van der Waals surface area (Å²) in [4.78, 5) is 0. The van der Waals surface area contributed by atoms with Crippen LogP contribution in [0.5, 0.6) is 0 Å². The molecule has 1 N–H and O–H groups in total. The van der Waals surface area contributed by atoms with Gasteiger partial charge in [0.25, 0.3) is 0 Å². The number of hydrogen-bond donors (Lipinski definition) is 1. The first kappa shape index (κ1) is 9.15. The molecule has 0 amide bonds. The molecule has 0 unspecified atom stereocenters. The van der Waals surface area contributed by atoms with Gasteiger partial charge >= 0.3 is 0 Å². The molecule has 0 bridgehead atoms. The van der Waals surface area contributed by atoms with Crippen LogP contribution in [-0.4, -0.2) is 5.16 Å². The van der Waals surface area contributed by atoms with Crippen molar-refractivity contribution >= 4 is 17.4 Å². The number of furan rings is 1. The molecule has 0 aliphatic carbocycles. The van der Waals surface area contributed by atoms with E-state index in [1.807, 2.05) is 19.1 Å². The molecule has 0 aliphatic heterocycles. The number of anilines is 1. The van der Waals surface area contributed by atoms with Crippen LogP contribution in [0.3, 0.4) is 0 Å². The fraction of sp³-hybridized carbons (Fsp3) is 0.222. The molecule has 14 heavy (non-hydrogen) atoms. The summed E-state index contributed by atoms with van der Waals surface area (Å²) in [5.74, 6) is 2.22. The molecule has 0 aromatic carbocycles. The summed E-state index contributed by atoms with van der Waals surface area (Å²) in [6, 6.07) is 5.32. The van der Waals surface area contributed by atoms with Crippen LogP contribution in [0.2, 0.25) is 5.22 Å². The van der Waals surface area contributed by atoms with Gasteiger partial charge in [-0.25, -0.2) is 0 Å². The molecule has 74 valence electrons. The van der Waals surface area contributed by atoms with Crippen LogP contribution in [0.15, 0.2) is 27.1 Å². The summed E-state index contributed by atoms with van der Waals surface area (Å²) in [7, 11) is 0. The lowest BCUT2D eigenvalue weighted by atomic mass is 10.4. The topological polar surface area (TPSA) is 51.2 Å². The molecule has 2 heterocycles. The normalized spacial score (nSPS) is 10.4. The van der Waals surface area contributed by atoms with E-state index in [2.05, 4.69) is 10.5 Å². The lowest BCUT2D eigenvalue weighted by Crippen LogP contribution is -1.97. The van der Waals surface area contributed by atoms with Crippen molar-refractivity contribution in [2.75, 3.05) is 5.32 Å². The first-order valence-corrected chi connectivity index (χ1v) is 4.53. The molecule has 0 atom stereocenters. The molecular weight excluding hydrogens is 204 g/mol. The smallest absolute Gasteiger partial charge is 0.193 e. The van der Waals surface area contributed by atoms with Crippen LogP contribution in [0.1, 0.15) is 11.5 Å². The van der Waals surface area contributed by atoms with Crippen LogP contribution < -0.4 is 5.32 Å². The van der Waals surface area contributed by atoms with Crippen molar-refractivity contribution in [1.82, 2.24) is 5.16 Å². The minimum Gasteiger partial charge on any atom is -0.448 e. The van der Waals surface area contributed by atoms with Crippen molar-refractivity contribution in [3.63, 3.8) is 0 Å². The summed E-state index contributed by atoms with van der Waals surface area (Å²) >= 11 is 5.62. The minimum atomic E-state index is 0.387. The third-order valence-electron chi connectivity index (χ3n) is 1.70. The van der Waals surface area contributed by atoms with Crippen LogP contribution >= 0.6 is 11.6 Å². The number of aryl methyl sites for hydroxylation is 1. The zero-order valence-electron chi connectivity index (χ0n) is 7.58. The SMILES string of the molecule is Cc1cc(NCc2ccc(Cl)o2)no1. The van der Waals surface area contributed by atoms with Gasteiger partial charge < -0.3 is 14.3 Å². The summed E-state index contributed by atoms with van der Waals surface area (Å²) in [6.07, 6.45) is 0. The lowest BCUT2D eigenvalue weighted by molar-refractivity contribution is 0.399. The van der Waals surface area contributed by atoms with Gasteiger partial charge in [0.1, 0.15) is 11.5 Å². The van der Waals surface area contributed by atoms with Gasteiger partial charge in [-0.3, -0.25) is 0 Å². The average molecular weight is 213 g/mol. The van der Waals surface area contributed by atoms with Gasteiger partial charge in [0.05, 0.1) is 6.54 Å². The van der Waals surface area contributed by atoms with E-state index in [1.54, 1.807) is 6.07 Å². The Kier molecular flexibility index (Phi) is 2.45.